The minimum absolute atomic E-state index is 0.00380. The zero-order chi connectivity index (χ0) is 14.8. The zero-order valence-corrected chi connectivity index (χ0v) is 11.6. The highest BCUT2D eigenvalue weighted by atomic mass is 32.2. The first-order valence-corrected chi connectivity index (χ1v) is 7.12. The Balaban J connectivity index is 1.74. The molecular formula is C15H10FNO3S. The second-order valence-electron chi connectivity index (χ2n) is 4.32. The first-order chi connectivity index (χ1) is 10.1. The lowest BCUT2D eigenvalue weighted by molar-refractivity contribution is 0.101. The van der Waals surface area contributed by atoms with E-state index in [4.69, 9.17) is 4.42 Å². The number of para-hydroxylation sites is 2. The number of Topliss-reactive ketones (excluding diaryl/α,β-unsaturated/α-hetero) is 1. The minimum Gasteiger partial charge on any atom is -0.507 e. The Morgan fingerprint density at radius 1 is 1.29 bits per heavy atom. The highest BCUT2D eigenvalue weighted by Crippen LogP contribution is 2.25. The van der Waals surface area contributed by atoms with Crippen LogP contribution in [0.5, 0.6) is 5.75 Å². The van der Waals surface area contributed by atoms with Crippen molar-refractivity contribution in [3.05, 3.63) is 53.8 Å². The number of aromatic nitrogens is 1. The van der Waals surface area contributed by atoms with Gasteiger partial charge in [-0.2, -0.15) is 0 Å². The summed E-state index contributed by atoms with van der Waals surface area (Å²) >= 11 is 1.10. The van der Waals surface area contributed by atoms with Crippen LogP contribution in [0.3, 0.4) is 0 Å². The van der Waals surface area contributed by atoms with Gasteiger partial charge in [-0.05, 0) is 30.3 Å². The van der Waals surface area contributed by atoms with Gasteiger partial charge in [0.05, 0.1) is 11.3 Å². The second kappa shape index (κ2) is 5.57. The van der Waals surface area contributed by atoms with Crippen molar-refractivity contribution in [1.29, 1.82) is 0 Å². The monoisotopic (exact) mass is 303 g/mol. The predicted molar refractivity (Wildman–Crippen MR) is 77.1 cm³/mol. The van der Waals surface area contributed by atoms with Gasteiger partial charge in [-0.1, -0.05) is 23.9 Å². The first-order valence-electron chi connectivity index (χ1n) is 6.13. The summed E-state index contributed by atoms with van der Waals surface area (Å²) in [6.07, 6.45) is 0. The van der Waals surface area contributed by atoms with Crippen LogP contribution in [-0.4, -0.2) is 21.6 Å². The van der Waals surface area contributed by atoms with Crippen molar-refractivity contribution in [1.82, 2.24) is 4.98 Å². The van der Waals surface area contributed by atoms with Gasteiger partial charge in [0.15, 0.2) is 11.4 Å². The molecule has 1 heterocycles. The summed E-state index contributed by atoms with van der Waals surface area (Å²) in [5, 5.41) is 9.94. The van der Waals surface area contributed by atoms with E-state index in [1.165, 1.54) is 0 Å². The number of hydrogen-bond acceptors (Lipinski definition) is 5. The van der Waals surface area contributed by atoms with E-state index in [0.29, 0.717) is 16.3 Å². The van der Waals surface area contributed by atoms with Gasteiger partial charge >= 0.3 is 0 Å². The summed E-state index contributed by atoms with van der Waals surface area (Å²) in [6.45, 7) is 0. The zero-order valence-electron chi connectivity index (χ0n) is 10.7. The van der Waals surface area contributed by atoms with E-state index in [-0.39, 0.29) is 22.8 Å². The molecule has 106 valence electrons. The molecule has 0 unspecified atom stereocenters. The number of phenolic OH excluding ortho intramolecular Hbond substituents is 1. The van der Waals surface area contributed by atoms with Crippen molar-refractivity contribution in [2.24, 2.45) is 0 Å². The number of oxazole rings is 1. The Hall–Kier alpha value is -2.34. The van der Waals surface area contributed by atoms with Crippen molar-refractivity contribution < 1.29 is 18.7 Å². The van der Waals surface area contributed by atoms with Crippen LogP contribution in [0.1, 0.15) is 10.4 Å². The van der Waals surface area contributed by atoms with Crippen molar-refractivity contribution in [2.75, 3.05) is 5.75 Å². The van der Waals surface area contributed by atoms with Gasteiger partial charge in [-0.25, -0.2) is 9.37 Å². The summed E-state index contributed by atoms with van der Waals surface area (Å²) in [6, 6.07) is 10.5. The predicted octanol–water partition coefficient (Wildman–Crippen LogP) is 3.65. The van der Waals surface area contributed by atoms with Gasteiger partial charge in [0.2, 0.25) is 0 Å². The van der Waals surface area contributed by atoms with E-state index >= 15 is 0 Å². The fraction of sp³-hybridized carbons (Fsp3) is 0.0667. The lowest BCUT2D eigenvalue weighted by atomic mass is 10.1. The van der Waals surface area contributed by atoms with Crippen LogP contribution >= 0.6 is 11.8 Å². The number of carbonyl (C=O) groups is 1. The average Bonchev–Trinajstić information content (AvgIpc) is 2.90. The number of thioether (sulfide) groups is 1. The largest absolute Gasteiger partial charge is 0.507 e. The lowest BCUT2D eigenvalue weighted by Crippen LogP contribution is -2.03. The third-order valence-electron chi connectivity index (χ3n) is 2.86. The molecule has 1 aromatic heterocycles. The summed E-state index contributed by atoms with van der Waals surface area (Å²) in [5.41, 5.74) is 1.31. The molecule has 2 aromatic carbocycles. The highest BCUT2D eigenvalue weighted by Gasteiger charge is 2.14. The van der Waals surface area contributed by atoms with Crippen LogP contribution in [0.25, 0.3) is 11.1 Å². The molecule has 0 aliphatic heterocycles. The number of ketones is 1. The number of nitrogens with zero attached hydrogens (tertiary/aromatic N) is 1. The molecule has 0 amide bonds. The normalized spacial score (nSPS) is 10.9. The molecule has 0 aliphatic rings. The van der Waals surface area contributed by atoms with E-state index in [0.717, 1.165) is 30.0 Å². The van der Waals surface area contributed by atoms with E-state index < -0.39 is 5.82 Å². The second-order valence-corrected chi connectivity index (χ2v) is 5.25. The minimum atomic E-state index is -0.567. The van der Waals surface area contributed by atoms with Crippen LogP contribution in [0.2, 0.25) is 0 Å². The quantitative estimate of drug-likeness (QED) is 0.589. The fourth-order valence-corrected chi connectivity index (χ4v) is 2.57. The maximum Gasteiger partial charge on any atom is 0.257 e. The number of benzene rings is 2. The fourth-order valence-electron chi connectivity index (χ4n) is 1.85. The number of fused-ring (bicyclic) bond motifs is 1. The van der Waals surface area contributed by atoms with Crippen LogP contribution < -0.4 is 0 Å². The molecule has 0 saturated carbocycles. The SMILES string of the molecule is O=C(CSc1nc2ccccc2o1)c1cc(F)ccc1O. The third kappa shape index (κ3) is 2.90. The maximum absolute atomic E-state index is 13.1. The van der Waals surface area contributed by atoms with Crippen molar-refractivity contribution in [2.45, 2.75) is 5.22 Å². The number of carbonyl (C=O) groups excluding carboxylic acids is 1. The molecule has 0 spiro atoms. The molecule has 6 heteroatoms. The van der Waals surface area contributed by atoms with Crippen LogP contribution in [0.4, 0.5) is 4.39 Å². The Bertz CT molecular complexity index is 783. The highest BCUT2D eigenvalue weighted by molar-refractivity contribution is 7.99. The van der Waals surface area contributed by atoms with Gasteiger partial charge in [0, 0.05) is 0 Å². The Labute approximate surface area is 123 Å². The molecule has 0 atom stereocenters. The molecule has 0 saturated heterocycles. The van der Waals surface area contributed by atoms with Crippen LogP contribution in [0, 0.1) is 5.82 Å². The summed E-state index contributed by atoms with van der Waals surface area (Å²) in [7, 11) is 0. The molecule has 0 aliphatic carbocycles. The van der Waals surface area contributed by atoms with Gasteiger partial charge in [-0.3, -0.25) is 4.79 Å². The van der Waals surface area contributed by atoms with E-state index in [9.17, 15) is 14.3 Å². The van der Waals surface area contributed by atoms with Crippen molar-refractivity contribution in [3.8, 4) is 5.75 Å². The number of aromatic hydroxyl groups is 1. The molecule has 4 nitrogen and oxygen atoms in total. The molecule has 3 rings (SSSR count). The summed E-state index contributed by atoms with van der Waals surface area (Å²) in [5.74, 6) is -1.19. The lowest BCUT2D eigenvalue weighted by Gasteiger charge is -2.02. The maximum atomic E-state index is 13.1. The molecule has 3 aromatic rings. The summed E-state index contributed by atoms with van der Waals surface area (Å²) < 4.78 is 18.6. The Kier molecular flexibility index (Phi) is 3.62. The molecule has 0 bridgehead atoms. The number of rotatable bonds is 4. The molecule has 0 fully saturated rings. The number of halogens is 1. The molecule has 0 radical (unpaired) electrons. The molecular weight excluding hydrogens is 293 g/mol. The Morgan fingerprint density at radius 3 is 2.90 bits per heavy atom. The third-order valence-corrected chi connectivity index (χ3v) is 3.69. The van der Waals surface area contributed by atoms with Crippen molar-refractivity contribution >= 4 is 28.6 Å². The van der Waals surface area contributed by atoms with E-state index in [1.54, 1.807) is 6.07 Å². The van der Waals surface area contributed by atoms with Crippen LogP contribution in [-0.2, 0) is 0 Å². The standard InChI is InChI=1S/C15H10FNO3S/c16-9-5-6-12(18)10(7-9)13(19)8-21-15-17-11-3-1-2-4-14(11)20-15/h1-7,18H,8H2. The summed E-state index contributed by atoms with van der Waals surface area (Å²) in [4.78, 5) is 16.2. The molecule has 1 N–H and O–H groups in total. The average molecular weight is 303 g/mol. The van der Waals surface area contributed by atoms with Crippen molar-refractivity contribution in [3.63, 3.8) is 0 Å². The van der Waals surface area contributed by atoms with Gasteiger partial charge in [0.25, 0.3) is 5.22 Å². The molecule has 21 heavy (non-hydrogen) atoms. The first kappa shape index (κ1) is 13.6. The smallest absolute Gasteiger partial charge is 0.257 e. The van der Waals surface area contributed by atoms with Gasteiger partial charge < -0.3 is 9.52 Å². The Morgan fingerprint density at radius 2 is 2.10 bits per heavy atom. The van der Waals surface area contributed by atoms with Crippen LogP contribution in [0.15, 0.2) is 52.1 Å². The topological polar surface area (TPSA) is 63.3 Å². The van der Waals surface area contributed by atoms with E-state index in [1.807, 2.05) is 18.2 Å². The van der Waals surface area contributed by atoms with Gasteiger partial charge in [-0.15, -0.1) is 0 Å². The van der Waals surface area contributed by atoms with Gasteiger partial charge in [0.1, 0.15) is 17.1 Å². The van der Waals surface area contributed by atoms with E-state index in [2.05, 4.69) is 4.98 Å². The number of phenols is 1. The number of hydrogen-bond donors (Lipinski definition) is 1.